The largest absolute Gasteiger partial charge is 0.361 e. The van der Waals surface area contributed by atoms with Crippen LogP contribution in [-0.2, 0) is 0 Å². The SMILES string of the molecule is c1cc([C@@H](CC2CC2)N2CCNCC2)c2cc[nH]c2c1. The molecule has 1 aromatic heterocycles. The molecule has 106 valence electrons. The predicted octanol–water partition coefficient (Wildman–Crippen LogP) is 2.91. The number of aromatic nitrogens is 1. The van der Waals surface area contributed by atoms with Gasteiger partial charge in [0.1, 0.15) is 0 Å². The Hall–Kier alpha value is -1.32. The smallest absolute Gasteiger partial charge is 0.0457 e. The highest BCUT2D eigenvalue weighted by Crippen LogP contribution is 2.41. The molecular weight excluding hydrogens is 246 g/mol. The van der Waals surface area contributed by atoms with Gasteiger partial charge in [-0.15, -0.1) is 0 Å². The van der Waals surface area contributed by atoms with Gasteiger partial charge in [0, 0.05) is 49.3 Å². The molecule has 0 spiro atoms. The summed E-state index contributed by atoms with van der Waals surface area (Å²) in [5.74, 6) is 0.962. The van der Waals surface area contributed by atoms with Crippen molar-refractivity contribution in [1.82, 2.24) is 15.2 Å². The number of hydrogen-bond acceptors (Lipinski definition) is 2. The van der Waals surface area contributed by atoms with E-state index in [1.165, 1.54) is 48.8 Å². The van der Waals surface area contributed by atoms with Gasteiger partial charge in [0.15, 0.2) is 0 Å². The van der Waals surface area contributed by atoms with Crippen molar-refractivity contribution in [3.05, 3.63) is 36.0 Å². The van der Waals surface area contributed by atoms with Crippen molar-refractivity contribution in [1.29, 1.82) is 0 Å². The topological polar surface area (TPSA) is 31.1 Å². The van der Waals surface area contributed by atoms with Crippen molar-refractivity contribution in [2.24, 2.45) is 5.92 Å². The standard InChI is InChI=1S/C17H23N3/c1-2-15(14-6-7-19-16(14)3-1)17(12-13-4-5-13)20-10-8-18-9-11-20/h1-3,6-7,13,17-19H,4-5,8-12H2/t17-/m1/s1. The van der Waals surface area contributed by atoms with Crippen LogP contribution >= 0.6 is 0 Å². The first-order valence-corrected chi connectivity index (χ1v) is 7.92. The molecule has 0 amide bonds. The minimum absolute atomic E-state index is 0.601. The summed E-state index contributed by atoms with van der Waals surface area (Å²) >= 11 is 0. The molecule has 3 heteroatoms. The van der Waals surface area contributed by atoms with Crippen LogP contribution in [0.15, 0.2) is 30.5 Å². The van der Waals surface area contributed by atoms with Gasteiger partial charge in [0.2, 0.25) is 0 Å². The minimum Gasteiger partial charge on any atom is -0.361 e. The van der Waals surface area contributed by atoms with Crippen LogP contribution < -0.4 is 5.32 Å². The molecule has 1 aliphatic heterocycles. The molecule has 0 radical (unpaired) electrons. The lowest BCUT2D eigenvalue weighted by Gasteiger charge is -2.35. The molecule has 1 aromatic carbocycles. The Morgan fingerprint density at radius 2 is 2.00 bits per heavy atom. The van der Waals surface area contributed by atoms with Crippen molar-refractivity contribution < 1.29 is 0 Å². The van der Waals surface area contributed by atoms with Crippen LogP contribution in [0.3, 0.4) is 0 Å². The van der Waals surface area contributed by atoms with Crippen molar-refractivity contribution >= 4 is 10.9 Å². The van der Waals surface area contributed by atoms with Gasteiger partial charge >= 0.3 is 0 Å². The highest BCUT2D eigenvalue weighted by atomic mass is 15.2. The Kier molecular flexibility index (Phi) is 3.25. The predicted molar refractivity (Wildman–Crippen MR) is 82.8 cm³/mol. The molecule has 2 aliphatic rings. The lowest BCUT2D eigenvalue weighted by molar-refractivity contribution is 0.161. The number of H-pyrrole nitrogens is 1. The van der Waals surface area contributed by atoms with Crippen LogP contribution in [0.1, 0.15) is 30.9 Å². The molecule has 3 nitrogen and oxygen atoms in total. The maximum atomic E-state index is 3.47. The summed E-state index contributed by atoms with van der Waals surface area (Å²) in [7, 11) is 0. The maximum absolute atomic E-state index is 3.47. The number of nitrogens with one attached hydrogen (secondary N) is 2. The van der Waals surface area contributed by atoms with Gasteiger partial charge in [-0.3, -0.25) is 4.90 Å². The van der Waals surface area contributed by atoms with Gasteiger partial charge in [0.05, 0.1) is 0 Å². The summed E-state index contributed by atoms with van der Waals surface area (Å²) in [6, 6.07) is 9.57. The van der Waals surface area contributed by atoms with Gasteiger partial charge < -0.3 is 10.3 Å². The van der Waals surface area contributed by atoms with Crippen molar-refractivity contribution in [2.45, 2.75) is 25.3 Å². The molecule has 1 saturated heterocycles. The zero-order valence-corrected chi connectivity index (χ0v) is 11.9. The molecule has 0 bridgehead atoms. The van der Waals surface area contributed by atoms with E-state index in [0.717, 1.165) is 19.0 Å². The van der Waals surface area contributed by atoms with E-state index in [-0.39, 0.29) is 0 Å². The second-order valence-electron chi connectivity index (χ2n) is 6.27. The summed E-state index contributed by atoms with van der Waals surface area (Å²) in [4.78, 5) is 6.05. The van der Waals surface area contributed by atoms with E-state index < -0.39 is 0 Å². The van der Waals surface area contributed by atoms with E-state index in [0.29, 0.717) is 6.04 Å². The normalized spacial score (nSPS) is 22.2. The molecule has 20 heavy (non-hydrogen) atoms. The summed E-state index contributed by atoms with van der Waals surface area (Å²) < 4.78 is 0. The third-order valence-corrected chi connectivity index (χ3v) is 4.83. The van der Waals surface area contributed by atoms with Crippen LogP contribution in [0.25, 0.3) is 10.9 Å². The monoisotopic (exact) mass is 269 g/mol. The van der Waals surface area contributed by atoms with Gasteiger partial charge in [0.25, 0.3) is 0 Å². The number of piperazine rings is 1. The second kappa shape index (κ2) is 5.23. The average Bonchev–Trinajstić information content (AvgIpc) is 3.19. The van der Waals surface area contributed by atoms with Crippen LogP contribution in [0.5, 0.6) is 0 Å². The minimum atomic E-state index is 0.601. The van der Waals surface area contributed by atoms with Gasteiger partial charge in [-0.1, -0.05) is 25.0 Å². The average molecular weight is 269 g/mol. The quantitative estimate of drug-likeness (QED) is 0.894. The maximum Gasteiger partial charge on any atom is 0.0457 e. The molecule has 0 unspecified atom stereocenters. The number of fused-ring (bicyclic) bond motifs is 1. The molecule has 4 rings (SSSR count). The van der Waals surface area contributed by atoms with E-state index in [2.05, 4.69) is 45.7 Å². The summed E-state index contributed by atoms with van der Waals surface area (Å²) in [6.07, 6.45) is 6.28. The van der Waals surface area contributed by atoms with E-state index in [4.69, 9.17) is 0 Å². The first-order chi connectivity index (χ1) is 9.92. The Morgan fingerprint density at radius 1 is 1.15 bits per heavy atom. The lowest BCUT2D eigenvalue weighted by atomic mass is 9.96. The Bertz CT molecular complexity index is 579. The molecule has 1 atom stereocenters. The molecule has 2 heterocycles. The van der Waals surface area contributed by atoms with Crippen molar-refractivity contribution in [2.75, 3.05) is 26.2 Å². The fraction of sp³-hybridized carbons (Fsp3) is 0.529. The highest BCUT2D eigenvalue weighted by molar-refractivity contribution is 5.83. The number of benzene rings is 1. The molecule has 1 saturated carbocycles. The van der Waals surface area contributed by atoms with Crippen molar-refractivity contribution in [3.63, 3.8) is 0 Å². The zero-order chi connectivity index (χ0) is 13.4. The van der Waals surface area contributed by atoms with E-state index >= 15 is 0 Å². The number of rotatable bonds is 4. The third-order valence-electron chi connectivity index (χ3n) is 4.83. The van der Waals surface area contributed by atoms with E-state index in [9.17, 15) is 0 Å². The first-order valence-electron chi connectivity index (χ1n) is 7.92. The number of nitrogens with zero attached hydrogens (tertiary/aromatic N) is 1. The Morgan fingerprint density at radius 3 is 2.80 bits per heavy atom. The lowest BCUT2D eigenvalue weighted by Crippen LogP contribution is -2.45. The van der Waals surface area contributed by atoms with Crippen LogP contribution in [0.4, 0.5) is 0 Å². The molecule has 2 fully saturated rings. The first kappa shape index (κ1) is 12.4. The Labute approximate surface area is 120 Å². The summed E-state index contributed by atoms with van der Waals surface area (Å²) in [5, 5.41) is 4.89. The summed E-state index contributed by atoms with van der Waals surface area (Å²) in [5.41, 5.74) is 2.80. The van der Waals surface area contributed by atoms with Gasteiger partial charge in [-0.2, -0.15) is 0 Å². The summed E-state index contributed by atoms with van der Waals surface area (Å²) in [6.45, 7) is 4.62. The fourth-order valence-corrected chi connectivity index (χ4v) is 3.54. The third kappa shape index (κ3) is 2.36. The molecule has 1 aliphatic carbocycles. The zero-order valence-electron chi connectivity index (χ0n) is 11.9. The van der Waals surface area contributed by atoms with Crippen LogP contribution in [0, 0.1) is 5.92 Å². The Balaban J connectivity index is 1.70. The van der Waals surface area contributed by atoms with Gasteiger partial charge in [-0.25, -0.2) is 0 Å². The molecule has 2 aromatic rings. The number of hydrogen-bond donors (Lipinski definition) is 2. The number of aromatic amines is 1. The van der Waals surface area contributed by atoms with Crippen molar-refractivity contribution in [3.8, 4) is 0 Å². The fourth-order valence-electron chi connectivity index (χ4n) is 3.54. The van der Waals surface area contributed by atoms with Gasteiger partial charge in [-0.05, 0) is 30.0 Å². The second-order valence-corrected chi connectivity index (χ2v) is 6.27. The van der Waals surface area contributed by atoms with Crippen LogP contribution in [-0.4, -0.2) is 36.1 Å². The van der Waals surface area contributed by atoms with Crippen LogP contribution in [0.2, 0.25) is 0 Å². The highest BCUT2D eigenvalue weighted by Gasteiger charge is 2.31. The molecular formula is C17H23N3. The van der Waals surface area contributed by atoms with E-state index in [1.54, 1.807) is 0 Å². The molecule has 2 N–H and O–H groups in total. The van der Waals surface area contributed by atoms with E-state index in [1.807, 2.05) is 0 Å².